The highest BCUT2D eigenvalue weighted by molar-refractivity contribution is 6.02. The van der Waals surface area contributed by atoms with Crippen molar-refractivity contribution in [2.45, 2.75) is 347 Å². The standard InChI is InChI=1S/C88H157N29O21/c1-15-17-28-57-72(127)112-61(44-48(5)6)76(131)113-62(45-49(7)8)78(133)116-87(13,36-22-20-18-19-21-23-37-88(14,82(138)114-57)117-79(134)67(50(9)16-2)115-74(129)56(31-26-40-101-85(94)95)106-70(125)54(29-24-38-99-83(90)91)105-65(120)35-42-98-53(12)118)81(137)104-52(11)68(123)103-51(10)69(124)110-63(46-64(89)119)77(132)107-55(30-25-39-100-84(92)93)71(126)111-60(43-47(3)4)75(130)108-58(33-34-66(121)122)73(128)109-59(80(135)136)32-27-41-102-86(96)97/h18-19,47-52,54-63,67H,15-17,20-46H2,1-14H3,(H2,89,119)(H,98,118)(H,103,123)(H,104,137)(H,105,120)(H,106,125)(H,107,132)(H,108,130)(H,109,128)(H,110,124)(H,111,126)(H,112,127)(H,113,131)(H,114,138)(H,115,129)(H,116,133)(H,117,134)(H,121,122)(H,135,136)(H4,90,91,99)(H4,92,93,100)(H4,94,95,101)(H4,96,97,102)/b19-18+/t50-,51-,52-,54-,55-,56-,57-,58-,59-,60-,61-,62-,63-,67-,87+,88+/m0/s1. The lowest BCUT2D eigenvalue weighted by molar-refractivity contribution is -0.143. The minimum absolute atomic E-state index is 0.00478. The Labute approximate surface area is 806 Å². The second-order valence-corrected chi connectivity index (χ2v) is 36.5. The largest absolute Gasteiger partial charge is 0.481 e. The number of aliphatic carboxylic acids is 2. The Morgan fingerprint density at radius 2 is 0.848 bits per heavy atom. The molecule has 17 amide bonds. The number of unbranched alkanes of at least 4 members (excludes halogenated alkanes) is 1. The highest BCUT2D eigenvalue weighted by atomic mass is 16.4. The van der Waals surface area contributed by atoms with Crippen molar-refractivity contribution in [1.29, 1.82) is 21.6 Å². The number of hydrogen-bond donors (Lipinski definition) is 31. The van der Waals surface area contributed by atoms with E-state index in [4.69, 9.17) is 50.3 Å². The predicted octanol–water partition coefficient (Wildman–Crippen LogP) is -4.23. The number of primary amides is 1. The van der Waals surface area contributed by atoms with Gasteiger partial charge in [0.1, 0.15) is 89.6 Å². The topological polar surface area (TPSA) is 831 Å². The second-order valence-electron chi connectivity index (χ2n) is 36.5. The molecule has 0 aliphatic carbocycles. The van der Waals surface area contributed by atoms with Crippen molar-refractivity contribution >= 4 is 136 Å². The summed E-state index contributed by atoms with van der Waals surface area (Å²) in [4.78, 5) is 266. The smallest absolute Gasteiger partial charge is 0.326 e. The summed E-state index contributed by atoms with van der Waals surface area (Å²) in [6, 6.07) is -19.5. The van der Waals surface area contributed by atoms with Crippen molar-refractivity contribution in [3.05, 3.63) is 12.2 Å². The van der Waals surface area contributed by atoms with Crippen molar-refractivity contribution in [3.63, 3.8) is 0 Å². The molecule has 0 saturated carbocycles. The summed E-state index contributed by atoms with van der Waals surface area (Å²) < 4.78 is 0. The van der Waals surface area contributed by atoms with E-state index >= 15 is 9.59 Å². The van der Waals surface area contributed by atoms with Crippen LogP contribution in [0.2, 0.25) is 0 Å². The van der Waals surface area contributed by atoms with Crippen LogP contribution in [0.1, 0.15) is 257 Å². The molecule has 0 bridgehead atoms. The second kappa shape index (κ2) is 64.0. The molecule has 0 unspecified atom stereocenters. The van der Waals surface area contributed by atoms with Gasteiger partial charge in [-0.15, -0.1) is 0 Å². The van der Waals surface area contributed by atoms with Crippen molar-refractivity contribution in [2.75, 3.05) is 32.7 Å². The van der Waals surface area contributed by atoms with Crippen LogP contribution in [0.15, 0.2) is 12.2 Å². The molecule has 16 atom stereocenters. The summed E-state index contributed by atoms with van der Waals surface area (Å²) in [6.07, 6.45) is 2.77. The van der Waals surface area contributed by atoms with Crippen LogP contribution in [-0.4, -0.2) is 269 Å². The summed E-state index contributed by atoms with van der Waals surface area (Å²) in [7, 11) is 0. The Hall–Kier alpha value is -13.2. The lowest BCUT2D eigenvalue weighted by Crippen LogP contribution is -2.65. The molecule has 36 N–H and O–H groups in total. The number of carboxylic acid groups (broad SMARTS) is 2. The summed E-state index contributed by atoms with van der Waals surface area (Å²) in [5.41, 5.74) is 23.7. The summed E-state index contributed by atoms with van der Waals surface area (Å²) in [5.74, 6) is -21.3. The third kappa shape index (κ3) is 50.0. The maximum atomic E-state index is 15.3. The first kappa shape index (κ1) is 123. The van der Waals surface area contributed by atoms with Gasteiger partial charge in [0.2, 0.25) is 100 Å². The van der Waals surface area contributed by atoms with E-state index in [2.05, 4.69) is 106 Å². The molecular formula is C88H157N29O21. The van der Waals surface area contributed by atoms with E-state index in [9.17, 15) is 91.7 Å². The van der Waals surface area contributed by atoms with E-state index in [1.54, 1.807) is 67.5 Å². The molecule has 780 valence electrons. The molecule has 1 heterocycles. The number of carbonyl (C=O) groups excluding carboxylic acids is 17. The summed E-state index contributed by atoms with van der Waals surface area (Å²) >= 11 is 0. The van der Waals surface area contributed by atoms with Gasteiger partial charge in [0.05, 0.1) is 6.42 Å². The van der Waals surface area contributed by atoms with Crippen LogP contribution in [0.3, 0.4) is 0 Å². The number of allylic oxidation sites excluding steroid dienone is 2. The van der Waals surface area contributed by atoms with Gasteiger partial charge in [-0.1, -0.05) is 93.7 Å². The molecule has 0 aromatic carbocycles. The van der Waals surface area contributed by atoms with E-state index in [0.717, 1.165) is 0 Å². The van der Waals surface area contributed by atoms with Gasteiger partial charge in [-0.25, -0.2) is 4.79 Å². The molecule has 138 heavy (non-hydrogen) atoms. The van der Waals surface area contributed by atoms with Crippen LogP contribution >= 0.6 is 0 Å². The molecule has 0 spiro atoms. The number of amides is 17. The van der Waals surface area contributed by atoms with E-state index in [-0.39, 0.29) is 191 Å². The van der Waals surface area contributed by atoms with Gasteiger partial charge in [0.15, 0.2) is 23.8 Å². The fraction of sp³-hybridized carbons (Fsp3) is 0.716. The van der Waals surface area contributed by atoms with Crippen LogP contribution < -0.4 is 135 Å². The first-order valence-corrected chi connectivity index (χ1v) is 47.1. The first-order chi connectivity index (χ1) is 64.6. The molecule has 50 heteroatoms. The highest BCUT2D eigenvalue weighted by Crippen LogP contribution is 2.23. The highest BCUT2D eigenvalue weighted by Gasteiger charge is 2.44. The maximum Gasteiger partial charge on any atom is 0.326 e. The molecule has 0 saturated heterocycles. The maximum absolute atomic E-state index is 15.3. The molecule has 1 aliphatic heterocycles. The van der Waals surface area contributed by atoms with Crippen LogP contribution in [-0.2, 0) is 91.1 Å². The Kier molecular flexibility index (Phi) is 56.9. The van der Waals surface area contributed by atoms with Gasteiger partial charge in [0, 0.05) is 52.5 Å². The quantitative estimate of drug-likeness (QED) is 0.0119. The third-order valence-electron chi connectivity index (χ3n) is 22.4. The fourth-order valence-electron chi connectivity index (χ4n) is 14.4. The van der Waals surface area contributed by atoms with Gasteiger partial charge >= 0.3 is 11.9 Å². The molecule has 1 rings (SSSR count). The van der Waals surface area contributed by atoms with Crippen LogP contribution in [0.5, 0.6) is 0 Å². The number of guanidine groups is 4. The van der Waals surface area contributed by atoms with E-state index in [1.165, 1.54) is 34.6 Å². The monoisotopic (exact) mass is 1960 g/mol. The predicted molar refractivity (Wildman–Crippen MR) is 512 cm³/mol. The lowest BCUT2D eigenvalue weighted by Gasteiger charge is -2.35. The van der Waals surface area contributed by atoms with Crippen molar-refractivity contribution in [2.24, 2.45) is 52.3 Å². The molecular weight excluding hydrogens is 1800 g/mol. The van der Waals surface area contributed by atoms with Crippen LogP contribution in [0.25, 0.3) is 0 Å². The van der Waals surface area contributed by atoms with Gasteiger partial charge in [-0.3, -0.25) is 108 Å². The Balaban J connectivity index is 3.95. The summed E-state index contributed by atoms with van der Waals surface area (Å²) in [5, 5.41) is 102. The zero-order valence-corrected chi connectivity index (χ0v) is 82.2. The van der Waals surface area contributed by atoms with Gasteiger partial charge in [-0.05, 0) is 173 Å². The number of hydrogen-bond acceptors (Lipinski definition) is 23. The SMILES string of the molecule is CCCC[C@@H]1NC(=O)[C@](C)(NC(=O)[C@@H](NC(=O)[C@H](CCCNC(=N)N)NC(=O)[C@H](CCCNC(=N)N)NC(=O)CCNC(C)=O)[C@@H](C)CC)CCC/C=C/CCC[C@](C)(C(=O)N[C@@H](C)C(=O)N[C@@H](C)C(=O)N[C@@H](CC(N)=O)C(=O)N[C@@H](CCCNC(=N)N)C(=O)N[C@@H](CC(C)C)C(=O)N[C@@H](CCC(=O)O)C(=O)N[C@@H](CCCNC(=N)N)C(=O)O)NC(=O)[C@H](CC(C)C)NC(=O)[C@H](CC(C)C)NC1=O. The van der Waals surface area contributed by atoms with Crippen molar-refractivity contribution < 1.29 is 101 Å². The van der Waals surface area contributed by atoms with Gasteiger partial charge in [-0.2, -0.15) is 0 Å². The minimum atomic E-state index is -1.90. The Morgan fingerprint density at radius 1 is 0.442 bits per heavy atom. The van der Waals surface area contributed by atoms with Crippen LogP contribution in [0.4, 0.5) is 0 Å². The average Bonchev–Trinajstić information content (AvgIpc) is 0.857. The summed E-state index contributed by atoms with van der Waals surface area (Å²) in [6.45, 7) is 22.5. The average molecular weight is 1960 g/mol. The number of nitrogens with one attached hydrogen (secondary N) is 24. The van der Waals surface area contributed by atoms with Crippen LogP contribution in [0, 0.1) is 45.3 Å². The molecule has 50 nitrogen and oxygen atoms in total. The van der Waals surface area contributed by atoms with Gasteiger partial charge in [0.25, 0.3) is 0 Å². The van der Waals surface area contributed by atoms with Crippen molar-refractivity contribution in [3.8, 4) is 0 Å². The molecule has 0 fully saturated rings. The Bertz CT molecular complexity index is 4170. The molecule has 1 aliphatic rings. The number of nitrogens with two attached hydrogens (primary N) is 5. The molecule has 0 aromatic heterocycles. The third-order valence-corrected chi connectivity index (χ3v) is 22.4. The number of carbonyl (C=O) groups is 19. The zero-order chi connectivity index (χ0) is 105. The van der Waals surface area contributed by atoms with E-state index < -0.39 is 239 Å². The van der Waals surface area contributed by atoms with Crippen molar-refractivity contribution in [1.82, 2.24) is 106 Å². The normalized spacial score (nSPS) is 19.3. The van der Waals surface area contributed by atoms with E-state index in [1.807, 2.05) is 6.92 Å². The first-order valence-electron chi connectivity index (χ1n) is 47.1. The zero-order valence-electron chi connectivity index (χ0n) is 82.2. The molecule has 0 aromatic rings. The molecule has 0 radical (unpaired) electrons. The lowest BCUT2D eigenvalue weighted by atomic mass is 9.90. The number of carboxylic acids is 2. The number of rotatable bonds is 57. The Morgan fingerprint density at radius 3 is 1.29 bits per heavy atom. The van der Waals surface area contributed by atoms with E-state index in [0.29, 0.717) is 12.8 Å². The fourth-order valence-corrected chi connectivity index (χ4v) is 14.4. The van der Waals surface area contributed by atoms with Gasteiger partial charge < -0.3 is 145 Å². The minimum Gasteiger partial charge on any atom is -0.481 e.